The molecule has 0 spiro atoms. The normalized spacial score (nSPS) is 13.3. The SMILES string of the molecule is O=C(C=Cc1ccco1)Nc1c2c(nn1-c1ccc(F)cc1)CSC2. The van der Waals surface area contributed by atoms with Gasteiger partial charge in [-0.15, -0.1) is 0 Å². The number of rotatable bonds is 4. The quantitative estimate of drug-likeness (QED) is 0.719. The molecule has 3 aromatic rings. The third-order valence-electron chi connectivity index (χ3n) is 3.81. The average molecular weight is 355 g/mol. The Morgan fingerprint density at radius 3 is 2.88 bits per heavy atom. The molecule has 0 bridgehead atoms. The number of hydrogen-bond donors (Lipinski definition) is 1. The van der Waals surface area contributed by atoms with Crippen LogP contribution in [0, 0.1) is 5.82 Å². The van der Waals surface area contributed by atoms with E-state index in [1.807, 2.05) is 0 Å². The molecule has 25 heavy (non-hydrogen) atoms. The van der Waals surface area contributed by atoms with Gasteiger partial charge in [0.2, 0.25) is 5.91 Å². The zero-order valence-corrected chi connectivity index (χ0v) is 13.9. The Hall–Kier alpha value is -2.80. The van der Waals surface area contributed by atoms with Crippen LogP contribution in [-0.2, 0) is 16.3 Å². The van der Waals surface area contributed by atoms with E-state index in [2.05, 4.69) is 10.4 Å². The molecule has 0 saturated heterocycles. The maximum Gasteiger partial charge on any atom is 0.249 e. The molecule has 1 aliphatic heterocycles. The number of halogens is 1. The van der Waals surface area contributed by atoms with Gasteiger partial charge in [0.15, 0.2) is 0 Å². The Balaban J connectivity index is 1.64. The van der Waals surface area contributed by atoms with E-state index in [1.54, 1.807) is 53.0 Å². The first-order valence-electron chi connectivity index (χ1n) is 7.68. The van der Waals surface area contributed by atoms with Crippen molar-refractivity contribution in [3.05, 3.63) is 71.6 Å². The second kappa shape index (κ2) is 6.60. The molecule has 5 nitrogen and oxygen atoms in total. The molecule has 0 atom stereocenters. The predicted octanol–water partition coefficient (Wildman–Crippen LogP) is 4.00. The van der Waals surface area contributed by atoms with Crippen LogP contribution in [0.3, 0.4) is 0 Å². The summed E-state index contributed by atoms with van der Waals surface area (Å²) in [6.07, 6.45) is 4.56. The van der Waals surface area contributed by atoms with Gasteiger partial charge in [0.25, 0.3) is 0 Å². The lowest BCUT2D eigenvalue weighted by atomic mass is 10.2. The Bertz CT molecular complexity index is 930. The molecule has 7 heteroatoms. The molecule has 4 rings (SSSR count). The van der Waals surface area contributed by atoms with Gasteiger partial charge < -0.3 is 9.73 Å². The minimum absolute atomic E-state index is 0.278. The summed E-state index contributed by atoms with van der Waals surface area (Å²) in [5, 5.41) is 7.46. The number of hydrogen-bond acceptors (Lipinski definition) is 4. The van der Waals surface area contributed by atoms with Crippen LogP contribution >= 0.6 is 11.8 Å². The summed E-state index contributed by atoms with van der Waals surface area (Å²) in [4.78, 5) is 12.3. The maximum absolute atomic E-state index is 13.2. The number of anilines is 1. The van der Waals surface area contributed by atoms with Crippen molar-refractivity contribution < 1.29 is 13.6 Å². The zero-order valence-electron chi connectivity index (χ0n) is 13.1. The first-order valence-corrected chi connectivity index (χ1v) is 8.83. The molecule has 1 amide bonds. The van der Waals surface area contributed by atoms with Crippen molar-refractivity contribution in [2.24, 2.45) is 0 Å². The summed E-state index contributed by atoms with van der Waals surface area (Å²) in [6, 6.07) is 9.54. The van der Waals surface area contributed by atoms with Gasteiger partial charge in [0, 0.05) is 23.1 Å². The van der Waals surface area contributed by atoms with Gasteiger partial charge in [-0.1, -0.05) is 0 Å². The highest BCUT2D eigenvalue weighted by Crippen LogP contribution is 2.36. The van der Waals surface area contributed by atoms with Crippen molar-refractivity contribution in [3.63, 3.8) is 0 Å². The Morgan fingerprint density at radius 2 is 2.12 bits per heavy atom. The summed E-state index contributed by atoms with van der Waals surface area (Å²) >= 11 is 1.75. The molecule has 0 unspecified atom stereocenters. The number of carbonyl (C=O) groups excluding carboxylic acids is 1. The highest BCUT2D eigenvalue weighted by Gasteiger charge is 2.24. The van der Waals surface area contributed by atoms with E-state index >= 15 is 0 Å². The molecule has 0 fully saturated rings. The van der Waals surface area contributed by atoms with Crippen molar-refractivity contribution in [1.82, 2.24) is 9.78 Å². The number of fused-ring (bicyclic) bond motifs is 1. The molecule has 126 valence electrons. The molecule has 3 heterocycles. The van der Waals surface area contributed by atoms with E-state index in [-0.39, 0.29) is 11.7 Å². The topological polar surface area (TPSA) is 60.1 Å². The van der Waals surface area contributed by atoms with Crippen LogP contribution in [0.15, 0.2) is 53.2 Å². The van der Waals surface area contributed by atoms with Gasteiger partial charge in [-0.3, -0.25) is 4.79 Å². The monoisotopic (exact) mass is 355 g/mol. The number of furan rings is 1. The van der Waals surface area contributed by atoms with Crippen LogP contribution in [0.25, 0.3) is 11.8 Å². The molecule has 2 aromatic heterocycles. The van der Waals surface area contributed by atoms with Crippen molar-refractivity contribution in [1.29, 1.82) is 0 Å². The number of amides is 1. The van der Waals surface area contributed by atoms with Gasteiger partial charge in [-0.25, -0.2) is 9.07 Å². The number of nitrogens with one attached hydrogen (secondary N) is 1. The first-order chi connectivity index (χ1) is 12.2. The third kappa shape index (κ3) is 3.23. The van der Waals surface area contributed by atoms with E-state index in [0.29, 0.717) is 17.3 Å². The Kier molecular flexibility index (Phi) is 4.15. The smallest absolute Gasteiger partial charge is 0.249 e. The predicted molar refractivity (Wildman–Crippen MR) is 94.9 cm³/mol. The van der Waals surface area contributed by atoms with Crippen LogP contribution in [-0.4, -0.2) is 15.7 Å². The van der Waals surface area contributed by atoms with E-state index in [0.717, 1.165) is 22.8 Å². The number of thioether (sulfide) groups is 1. The maximum atomic E-state index is 13.2. The lowest BCUT2D eigenvalue weighted by Crippen LogP contribution is -2.13. The number of aromatic nitrogens is 2. The summed E-state index contributed by atoms with van der Waals surface area (Å²) in [5.41, 5.74) is 2.65. The fraction of sp³-hybridized carbons (Fsp3) is 0.111. The highest BCUT2D eigenvalue weighted by atomic mass is 32.2. The van der Waals surface area contributed by atoms with Gasteiger partial charge >= 0.3 is 0 Å². The van der Waals surface area contributed by atoms with Gasteiger partial charge in [0.1, 0.15) is 17.4 Å². The molecule has 1 N–H and O–H groups in total. The number of nitrogens with zero attached hydrogens (tertiary/aromatic N) is 2. The van der Waals surface area contributed by atoms with Crippen LogP contribution in [0.5, 0.6) is 0 Å². The van der Waals surface area contributed by atoms with Crippen LogP contribution in [0.1, 0.15) is 17.0 Å². The van der Waals surface area contributed by atoms with Gasteiger partial charge in [-0.2, -0.15) is 16.9 Å². The summed E-state index contributed by atoms with van der Waals surface area (Å²) in [6.45, 7) is 0. The Morgan fingerprint density at radius 1 is 1.28 bits per heavy atom. The molecule has 0 radical (unpaired) electrons. The summed E-state index contributed by atoms with van der Waals surface area (Å²) in [5.74, 6) is 2.22. The third-order valence-corrected chi connectivity index (χ3v) is 4.78. The van der Waals surface area contributed by atoms with E-state index in [9.17, 15) is 9.18 Å². The number of benzene rings is 1. The van der Waals surface area contributed by atoms with E-state index in [1.165, 1.54) is 18.2 Å². The zero-order chi connectivity index (χ0) is 17.2. The van der Waals surface area contributed by atoms with Crippen LogP contribution in [0.4, 0.5) is 10.2 Å². The fourth-order valence-electron chi connectivity index (χ4n) is 2.61. The standard InChI is InChI=1S/C18H14FN3O2S/c19-12-3-5-13(6-4-12)22-18(15-10-25-11-16(15)21-22)20-17(23)8-7-14-2-1-9-24-14/h1-9H,10-11H2,(H,20,23). The molecular weight excluding hydrogens is 341 g/mol. The largest absolute Gasteiger partial charge is 0.465 e. The molecule has 1 aliphatic rings. The highest BCUT2D eigenvalue weighted by molar-refractivity contribution is 7.98. The second-order valence-electron chi connectivity index (χ2n) is 5.49. The lowest BCUT2D eigenvalue weighted by Gasteiger charge is -2.09. The molecule has 0 aliphatic carbocycles. The van der Waals surface area contributed by atoms with Crippen LogP contribution < -0.4 is 5.32 Å². The fourth-order valence-corrected chi connectivity index (χ4v) is 3.65. The van der Waals surface area contributed by atoms with Crippen molar-refractivity contribution >= 4 is 29.6 Å². The summed E-state index contributed by atoms with van der Waals surface area (Å²) in [7, 11) is 0. The van der Waals surface area contributed by atoms with Crippen molar-refractivity contribution in [2.75, 3.05) is 5.32 Å². The van der Waals surface area contributed by atoms with Crippen molar-refractivity contribution in [2.45, 2.75) is 11.5 Å². The van der Waals surface area contributed by atoms with Gasteiger partial charge in [-0.05, 0) is 42.5 Å². The second-order valence-corrected chi connectivity index (χ2v) is 6.48. The van der Waals surface area contributed by atoms with E-state index in [4.69, 9.17) is 4.42 Å². The van der Waals surface area contributed by atoms with Crippen LogP contribution in [0.2, 0.25) is 0 Å². The van der Waals surface area contributed by atoms with E-state index < -0.39 is 0 Å². The lowest BCUT2D eigenvalue weighted by molar-refractivity contribution is -0.111. The number of carbonyl (C=O) groups is 1. The Labute approximate surface area is 147 Å². The minimum Gasteiger partial charge on any atom is -0.465 e. The average Bonchev–Trinajstić information content (AvgIpc) is 3.32. The molecule has 0 saturated carbocycles. The molecule has 1 aromatic carbocycles. The van der Waals surface area contributed by atoms with Gasteiger partial charge in [0.05, 0.1) is 17.6 Å². The van der Waals surface area contributed by atoms with Crippen molar-refractivity contribution in [3.8, 4) is 5.69 Å². The molecular formula is C18H14FN3O2S. The minimum atomic E-state index is -0.314. The summed E-state index contributed by atoms with van der Waals surface area (Å²) < 4.78 is 20.0. The first kappa shape index (κ1) is 15.7.